The van der Waals surface area contributed by atoms with Crippen molar-refractivity contribution in [3.05, 3.63) is 59.7 Å². The van der Waals surface area contributed by atoms with Gasteiger partial charge in [0.05, 0.1) is 17.5 Å². The molecule has 0 bridgehead atoms. The molecule has 2 aromatic rings. The summed E-state index contributed by atoms with van der Waals surface area (Å²) in [5, 5.41) is 5.57. The van der Waals surface area contributed by atoms with Gasteiger partial charge in [0, 0.05) is 19.7 Å². The van der Waals surface area contributed by atoms with Crippen molar-refractivity contribution >= 4 is 27.5 Å². The number of nitrogens with zero attached hydrogens (tertiary/aromatic N) is 1. The highest BCUT2D eigenvalue weighted by molar-refractivity contribution is 7.89. The van der Waals surface area contributed by atoms with Crippen molar-refractivity contribution in [2.45, 2.75) is 51.5 Å². The molecule has 0 aliphatic carbocycles. The van der Waals surface area contributed by atoms with E-state index in [1.165, 1.54) is 43.8 Å². The van der Waals surface area contributed by atoms with Crippen molar-refractivity contribution in [3.8, 4) is 0 Å². The van der Waals surface area contributed by atoms with Crippen molar-refractivity contribution in [1.29, 1.82) is 0 Å². The second-order valence-electron chi connectivity index (χ2n) is 8.25. The summed E-state index contributed by atoms with van der Waals surface area (Å²) in [6.45, 7) is 7.24. The number of amides is 2. The van der Waals surface area contributed by atoms with Crippen LogP contribution in [0, 0.1) is 5.92 Å². The van der Waals surface area contributed by atoms with Crippen LogP contribution in [0.25, 0.3) is 0 Å². The van der Waals surface area contributed by atoms with Gasteiger partial charge < -0.3 is 10.6 Å². The van der Waals surface area contributed by atoms with Gasteiger partial charge in [-0.25, -0.2) is 8.42 Å². The molecule has 1 atom stereocenters. The average Bonchev–Trinajstić information content (AvgIpc) is 2.72. The van der Waals surface area contributed by atoms with Gasteiger partial charge in [0.15, 0.2) is 0 Å². The van der Waals surface area contributed by atoms with E-state index in [1.54, 1.807) is 0 Å². The second-order valence-corrected chi connectivity index (χ2v) is 10.3. The molecule has 0 fully saturated rings. The minimum atomic E-state index is -3.85. The van der Waals surface area contributed by atoms with Gasteiger partial charge in [-0.2, -0.15) is 4.31 Å². The van der Waals surface area contributed by atoms with Crippen LogP contribution in [0.1, 0.15) is 51.3 Å². The third-order valence-electron chi connectivity index (χ3n) is 5.11. The van der Waals surface area contributed by atoms with Crippen LogP contribution in [0.2, 0.25) is 0 Å². The highest BCUT2D eigenvalue weighted by Gasteiger charge is 2.25. The number of likely N-dealkylation sites (N-methyl/N-ethyl adjacent to an activating group) is 1. The molecule has 0 aliphatic heterocycles. The first-order valence-corrected chi connectivity index (χ1v) is 12.2. The monoisotopic (exact) mass is 459 g/mol. The summed E-state index contributed by atoms with van der Waals surface area (Å²) in [7, 11) is -2.48. The van der Waals surface area contributed by atoms with Crippen LogP contribution in [0.5, 0.6) is 0 Å². The number of hydrogen-bond acceptors (Lipinski definition) is 4. The quantitative estimate of drug-likeness (QED) is 0.566. The Hall–Kier alpha value is -2.71. The van der Waals surface area contributed by atoms with Crippen molar-refractivity contribution in [3.63, 3.8) is 0 Å². The predicted molar refractivity (Wildman–Crippen MR) is 127 cm³/mol. The number of rotatable bonds is 10. The molecule has 0 unspecified atom stereocenters. The number of anilines is 1. The van der Waals surface area contributed by atoms with Gasteiger partial charge in [0.25, 0.3) is 0 Å². The Balaban J connectivity index is 2.08. The maximum Gasteiger partial charge on any atom is 0.243 e. The zero-order valence-electron chi connectivity index (χ0n) is 19.4. The van der Waals surface area contributed by atoms with Gasteiger partial charge in [-0.05, 0) is 47.7 Å². The van der Waals surface area contributed by atoms with E-state index >= 15 is 0 Å². The lowest BCUT2D eigenvalue weighted by Gasteiger charge is -2.25. The molecule has 2 aromatic carbocycles. The number of hydrogen-bond donors (Lipinski definition) is 2. The van der Waals surface area contributed by atoms with Gasteiger partial charge in [0.1, 0.15) is 0 Å². The molecule has 2 amide bonds. The van der Waals surface area contributed by atoms with Crippen molar-refractivity contribution in [2.75, 3.05) is 18.9 Å². The zero-order chi connectivity index (χ0) is 23.9. The van der Waals surface area contributed by atoms with Crippen LogP contribution < -0.4 is 10.6 Å². The number of benzene rings is 2. The molecule has 0 saturated carbocycles. The largest absolute Gasteiger partial charge is 0.348 e. The Morgan fingerprint density at radius 2 is 1.59 bits per heavy atom. The minimum absolute atomic E-state index is 0.0498. The molecule has 0 spiro atoms. The first-order chi connectivity index (χ1) is 15.0. The van der Waals surface area contributed by atoms with Crippen molar-refractivity contribution < 1.29 is 18.0 Å². The summed E-state index contributed by atoms with van der Waals surface area (Å²) in [4.78, 5) is 23.9. The van der Waals surface area contributed by atoms with E-state index in [0.717, 1.165) is 22.7 Å². The predicted octanol–water partition coefficient (Wildman–Crippen LogP) is 3.73. The summed E-state index contributed by atoms with van der Waals surface area (Å²) >= 11 is 0. The van der Waals surface area contributed by atoms with Crippen molar-refractivity contribution in [1.82, 2.24) is 9.62 Å². The molecule has 0 radical (unpaired) electrons. The third kappa shape index (κ3) is 6.90. The fourth-order valence-electron chi connectivity index (χ4n) is 3.41. The van der Waals surface area contributed by atoms with E-state index in [4.69, 9.17) is 0 Å². The van der Waals surface area contributed by atoms with Gasteiger partial charge in [0.2, 0.25) is 21.8 Å². The van der Waals surface area contributed by atoms with Crippen LogP contribution >= 0.6 is 0 Å². The molecule has 32 heavy (non-hydrogen) atoms. The summed E-state index contributed by atoms with van der Waals surface area (Å²) in [6.07, 6.45) is 2.08. The lowest BCUT2D eigenvalue weighted by molar-refractivity contribution is -0.122. The lowest BCUT2D eigenvalue weighted by atomic mass is 9.94. The average molecular weight is 460 g/mol. The fraction of sp³-hybridized carbons (Fsp3) is 0.417. The molecule has 0 saturated heterocycles. The second kappa shape index (κ2) is 11.2. The molecule has 0 aromatic heterocycles. The van der Waals surface area contributed by atoms with Crippen LogP contribution in [0.3, 0.4) is 0 Å². The van der Waals surface area contributed by atoms with E-state index in [-0.39, 0.29) is 35.2 Å². The number of carbonyl (C=O) groups is 2. The number of carbonyl (C=O) groups excluding carboxylic acids is 2. The highest BCUT2D eigenvalue weighted by atomic mass is 32.2. The molecule has 0 heterocycles. The minimum Gasteiger partial charge on any atom is -0.348 e. The maximum atomic E-state index is 12.8. The normalized spacial score (nSPS) is 12.6. The summed E-state index contributed by atoms with van der Waals surface area (Å²) in [6, 6.07) is 13.8. The number of nitrogens with one attached hydrogen (secondary N) is 2. The maximum absolute atomic E-state index is 12.8. The Labute approximate surface area is 191 Å². The van der Waals surface area contributed by atoms with Crippen LogP contribution in [0.15, 0.2) is 53.4 Å². The number of sulfonamides is 1. The Morgan fingerprint density at radius 3 is 2.09 bits per heavy atom. The van der Waals surface area contributed by atoms with Gasteiger partial charge >= 0.3 is 0 Å². The zero-order valence-corrected chi connectivity index (χ0v) is 20.2. The summed E-state index contributed by atoms with van der Waals surface area (Å²) in [5.41, 5.74) is 2.74. The third-order valence-corrected chi connectivity index (χ3v) is 6.93. The standard InChI is InChI=1S/C24H33N3O4S/c1-6-7-19-8-10-20(11-9-19)24(17(2)3)26-23(29)16-27(5)32(30,31)22-14-12-21(13-15-22)25-18(4)28/h8-15,17,24H,6-7,16H2,1-5H3,(H,25,28)(H,26,29)/t24-/m0/s1. The van der Waals surface area contributed by atoms with E-state index in [1.807, 2.05) is 26.0 Å². The molecule has 0 aliphatic rings. The highest BCUT2D eigenvalue weighted by Crippen LogP contribution is 2.23. The van der Waals surface area contributed by atoms with Crippen molar-refractivity contribution in [2.24, 2.45) is 5.92 Å². The SMILES string of the molecule is CCCc1ccc([C@@H](NC(=O)CN(C)S(=O)(=O)c2ccc(NC(C)=O)cc2)C(C)C)cc1. The molecule has 2 N–H and O–H groups in total. The molecule has 2 rings (SSSR count). The van der Waals surface area contributed by atoms with E-state index in [2.05, 4.69) is 29.7 Å². The smallest absolute Gasteiger partial charge is 0.243 e. The van der Waals surface area contributed by atoms with Gasteiger partial charge in [-0.15, -0.1) is 0 Å². The number of aryl methyl sites for hydroxylation is 1. The summed E-state index contributed by atoms with van der Waals surface area (Å²) < 4.78 is 26.7. The van der Waals surface area contributed by atoms with E-state index < -0.39 is 10.0 Å². The molecule has 174 valence electrons. The van der Waals surface area contributed by atoms with Crippen LogP contribution in [-0.4, -0.2) is 38.1 Å². The van der Waals surface area contributed by atoms with E-state index in [0.29, 0.717) is 5.69 Å². The first-order valence-electron chi connectivity index (χ1n) is 10.8. The first kappa shape index (κ1) is 25.5. The topological polar surface area (TPSA) is 95.6 Å². The van der Waals surface area contributed by atoms with Gasteiger partial charge in [-0.3, -0.25) is 9.59 Å². The van der Waals surface area contributed by atoms with Gasteiger partial charge in [-0.1, -0.05) is 51.5 Å². The lowest BCUT2D eigenvalue weighted by Crippen LogP contribution is -2.41. The molecule has 7 nitrogen and oxygen atoms in total. The Morgan fingerprint density at radius 1 is 1.00 bits per heavy atom. The van der Waals surface area contributed by atoms with E-state index in [9.17, 15) is 18.0 Å². The molecule has 8 heteroatoms. The Bertz CT molecular complexity index is 1020. The summed E-state index contributed by atoms with van der Waals surface area (Å²) in [5.74, 6) is -0.476. The molecular formula is C24H33N3O4S. The van der Waals surface area contributed by atoms with Crippen LogP contribution in [0.4, 0.5) is 5.69 Å². The molecular weight excluding hydrogens is 426 g/mol. The fourth-order valence-corrected chi connectivity index (χ4v) is 4.54. The Kier molecular flexibility index (Phi) is 8.98. The van der Waals surface area contributed by atoms with Crippen LogP contribution in [-0.2, 0) is 26.0 Å².